The molecule has 2 fully saturated rings. The van der Waals surface area contributed by atoms with Gasteiger partial charge < -0.3 is 5.32 Å². The van der Waals surface area contributed by atoms with Crippen LogP contribution >= 0.6 is 0 Å². The number of likely N-dealkylation sites (tertiary alicyclic amines) is 1. The van der Waals surface area contributed by atoms with Gasteiger partial charge in [0.05, 0.1) is 0 Å². The molecule has 2 heteroatoms. The number of nitrogens with one attached hydrogen (secondary N) is 1. The number of hydrogen-bond donors (Lipinski definition) is 1. The van der Waals surface area contributed by atoms with Crippen molar-refractivity contribution in [3.63, 3.8) is 0 Å². The van der Waals surface area contributed by atoms with E-state index in [1.54, 1.807) is 0 Å². The summed E-state index contributed by atoms with van der Waals surface area (Å²) in [6.45, 7) is 14.1. The van der Waals surface area contributed by atoms with Crippen molar-refractivity contribution >= 4 is 0 Å². The van der Waals surface area contributed by atoms with E-state index in [0.29, 0.717) is 6.04 Å². The van der Waals surface area contributed by atoms with Crippen LogP contribution in [0, 0.1) is 11.8 Å². The first-order valence-electron chi connectivity index (χ1n) is 8.39. The van der Waals surface area contributed by atoms with E-state index >= 15 is 0 Å². The molecule has 0 aromatic carbocycles. The Balaban J connectivity index is 2.01. The first-order chi connectivity index (χ1) is 8.88. The third-order valence-electron chi connectivity index (χ3n) is 5.07. The van der Waals surface area contributed by atoms with Gasteiger partial charge in [0.2, 0.25) is 0 Å². The molecular formula is C17H34N2. The summed E-state index contributed by atoms with van der Waals surface area (Å²) < 4.78 is 0. The molecule has 3 unspecified atom stereocenters. The predicted octanol–water partition coefficient (Wildman–Crippen LogP) is 3.66. The lowest BCUT2D eigenvalue weighted by Gasteiger charge is -2.45. The Morgan fingerprint density at radius 3 is 2.42 bits per heavy atom. The highest BCUT2D eigenvalue weighted by Gasteiger charge is 2.38. The molecule has 0 bridgehead atoms. The zero-order valence-corrected chi connectivity index (χ0v) is 13.7. The molecule has 112 valence electrons. The molecule has 0 spiro atoms. The van der Waals surface area contributed by atoms with Crippen molar-refractivity contribution in [2.75, 3.05) is 13.1 Å². The molecule has 1 aliphatic heterocycles. The third-order valence-corrected chi connectivity index (χ3v) is 5.07. The fourth-order valence-corrected chi connectivity index (χ4v) is 4.05. The molecule has 19 heavy (non-hydrogen) atoms. The van der Waals surface area contributed by atoms with Gasteiger partial charge in [0.1, 0.15) is 0 Å². The van der Waals surface area contributed by atoms with Crippen molar-refractivity contribution < 1.29 is 0 Å². The highest BCUT2D eigenvalue weighted by atomic mass is 15.2. The van der Waals surface area contributed by atoms with Crippen LogP contribution in [0.3, 0.4) is 0 Å². The van der Waals surface area contributed by atoms with Crippen LogP contribution in [0.4, 0.5) is 0 Å². The Labute approximate surface area is 120 Å². The average Bonchev–Trinajstić information content (AvgIpc) is 2.75. The van der Waals surface area contributed by atoms with Gasteiger partial charge in [-0.15, -0.1) is 0 Å². The Kier molecular flexibility index (Phi) is 4.94. The largest absolute Gasteiger partial charge is 0.311 e. The standard InChI is InChI=1S/C17H34N2/c1-13(2)16(12-18-17(3,4)5)19-11-7-9-14-8-6-10-15(14)19/h13-16,18H,6-12H2,1-5H3. The van der Waals surface area contributed by atoms with Gasteiger partial charge in [-0.3, -0.25) is 4.90 Å². The number of rotatable bonds is 4. The van der Waals surface area contributed by atoms with Gasteiger partial charge >= 0.3 is 0 Å². The monoisotopic (exact) mass is 266 g/mol. The lowest BCUT2D eigenvalue weighted by Crippen LogP contribution is -2.55. The molecule has 1 aliphatic carbocycles. The summed E-state index contributed by atoms with van der Waals surface area (Å²) >= 11 is 0. The van der Waals surface area contributed by atoms with E-state index in [-0.39, 0.29) is 5.54 Å². The van der Waals surface area contributed by atoms with Crippen molar-refractivity contribution in [2.45, 2.75) is 84.3 Å². The lowest BCUT2D eigenvalue weighted by molar-refractivity contribution is 0.0432. The van der Waals surface area contributed by atoms with E-state index in [0.717, 1.165) is 24.4 Å². The lowest BCUT2D eigenvalue weighted by atomic mass is 9.88. The highest BCUT2D eigenvalue weighted by Crippen LogP contribution is 2.38. The first-order valence-corrected chi connectivity index (χ1v) is 8.39. The molecule has 1 heterocycles. The third kappa shape index (κ3) is 3.95. The normalized spacial score (nSPS) is 30.6. The zero-order chi connectivity index (χ0) is 14.0. The molecule has 0 amide bonds. The zero-order valence-electron chi connectivity index (χ0n) is 13.7. The van der Waals surface area contributed by atoms with Crippen LogP contribution in [-0.2, 0) is 0 Å². The molecule has 0 aromatic rings. The van der Waals surface area contributed by atoms with Gasteiger partial charge in [-0.05, 0) is 64.8 Å². The van der Waals surface area contributed by atoms with Crippen LogP contribution in [0.1, 0.15) is 66.7 Å². The molecule has 2 nitrogen and oxygen atoms in total. The fraction of sp³-hybridized carbons (Fsp3) is 1.00. The van der Waals surface area contributed by atoms with E-state index < -0.39 is 0 Å². The Hall–Kier alpha value is -0.0800. The van der Waals surface area contributed by atoms with Crippen molar-refractivity contribution in [1.82, 2.24) is 10.2 Å². The summed E-state index contributed by atoms with van der Waals surface area (Å²) in [7, 11) is 0. The Bertz CT molecular complexity index is 279. The van der Waals surface area contributed by atoms with Crippen LogP contribution in [0.5, 0.6) is 0 Å². The predicted molar refractivity (Wildman–Crippen MR) is 83.5 cm³/mol. The maximum atomic E-state index is 3.74. The molecule has 0 aromatic heterocycles. The van der Waals surface area contributed by atoms with Crippen molar-refractivity contribution in [3.8, 4) is 0 Å². The summed E-state index contributed by atoms with van der Waals surface area (Å²) in [6, 6.07) is 1.60. The quantitative estimate of drug-likeness (QED) is 0.835. The van der Waals surface area contributed by atoms with Gasteiger partial charge in [-0.1, -0.05) is 20.3 Å². The van der Waals surface area contributed by atoms with Crippen LogP contribution < -0.4 is 5.32 Å². The van der Waals surface area contributed by atoms with Crippen molar-refractivity contribution in [1.29, 1.82) is 0 Å². The molecule has 1 N–H and O–H groups in total. The maximum Gasteiger partial charge on any atom is 0.0246 e. The summed E-state index contributed by atoms with van der Waals surface area (Å²) in [5, 5.41) is 3.74. The SMILES string of the molecule is CC(C)C(CNC(C)(C)C)N1CCCC2CCCC21. The maximum absolute atomic E-state index is 3.74. The molecule has 3 atom stereocenters. The Morgan fingerprint density at radius 1 is 1.11 bits per heavy atom. The van der Waals surface area contributed by atoms with E-state index in [4.69, 9.17) is 0 Å². The number of hydrogen-bond acceptors (Lipinski definition) is 2. The highest BCUT2D eigenvalue weighted by molar-refractivity contribution is 4.94. The molecular weight excluding hydrogens is 232 g/mol. The molecule has 1 saturated carbocycles. The molecule has 2 rings (SSSR count). The second kappa shape index (κ2) is 6.13. The smallest absolute Gasteiger partial charge is 0.0246 e. The molecule has 0 radical (unpaired) electrons. The second-order valence-corrected chi connectivity index (χ2v) is 8.08. The minimum absolute atomic E-state index is 0.234. The van der Waals surface area contributed by atoms with Gasteiger partial charge in [-0.25, -0.2) is 0 Å². The minimum atomic E-state index is 0.234. The summed E-state index contributed by atoms with van der Waals surface area (Å²) in [6.07, 6.45) is 7.30. The topological polar surface area (TPSA) is 15.3 Å². The van der Waals surface area contributed by atoms with Crippen LogP contribution in [0.2, 0.25) is 0 Å². The van der Waals surface area contributed by atoms with Gasteiger partial charge in [0.15, 0.2) is 0 Å². The first kappa shape index (κ1) is 15.3. The van der Waals surface area contributed by atoms with Crippen molar-refractivity contribution in [3.05, 3.63) is 0 Å². The minimum Gasteiger partial charge on any atom is -0.311 e. The molecule has 2 aliphatic rings. The van der Waals surface area contributed by atoms with Gasteiger partial charge in [0, 0.05) is 24.2 Å². The van der Waals surface area contributed by atoms with Gasteiger partial charge in [0.25, 0.3) is 0 Å². The summed E-state index contributed by atoms with van der Waals surface area (Å²) in [4.78, 5) is 2.87. The number of fused-ring (bicyclic) bond motifs is 1. The fourth-order valence-electron chi connectivity index (χ4n) is 4.05. The van der Waals surface area contributed by atoms with E-state index in [1.807, 2.05) is 0 Å². The van der Waals surface area contributed by atoms with Crippen molar-refractivity contribution in [2.24, 2.45) is 11.8 Å². The summed E-state index contributed by atoms with van der Waals surface area (Å²) in [5.41, 5.74) is 0.234. The Morgan fingerprint density at radius 2 is 1.79 bits per heavy atom. The van der Waals surface area contributed by atoms with Crippen LogP contribution in [0.25, 0.3) is 0 Å². The molecule has 1 saturated heterocycles. The average molecular weight is 266 g/mol. The van der Waals surface area contributed by atoms with Crippen LogP contribution in [-0.4, -0.2) is 35.6 Å². The van der Waals surface area contributed by atoms with Gasteiger partial charge in [-0.2, -0.15) is 0 Å². The summed E-state index contributed by atoms with van der Waals surface area (Å²) in [5.74, 6) is 1.75. The number of nitrogens with zero attached hydrogens (tertiary/aromatic N) is 1. The number of piperidine rings is 1. The van der Waals surface area contributed by atoms with E-state index in [2.05, 4.69) is 44.8 Å². The van der Waals surface area contributed by atoms with E-state index in [1.165, 1.54) is 38.6 Å². The second-order valence-electron chi connectivity index (χ2n) is 8.08. The van der Waals surface area contributed by atoms with Crippen LogP contribution in [0.15, 0.2) is 0 Å². The van der Waals surface area contributed by atoms with E-state index in [9.17, 15) is 0 Å².